The van der Waals surface area contributed by atoms with E-state index in [9.17, 15) is 9.18 Å². The minimum atomic E-state index is -0.300. The van der Waals surface area contributed by atoms with Crippen LogP contribution in [0.5, 0.6) is 0 Å². The maximum atomic E-state index is 13.5. The van der Waals surface area contributed by atoms with Crippen molar-refractivity contribution in [3.8, 4) is 0 Å². The number of hydrogen-bond acceptors (Lipinski definition) is 5. The Bertz CT molecular complexity index is 1280. The predicted molar refractivity (Wildman–Crippen MR) is 153 cm³/mol. The molecule has 7 heteroatoms. The van der Waals surface area contributed by atoms with Crippen molar-refractivity contribution in [3.05, 3.63) is 59.0 Å². The molecule has 1 aliphatic carbocycles. The molecule has 2 saturated heterocycles. The first kappa shape index (κ1) is 26.3. The van der Waals surface area contributed by atoms with Gasteiger partial charge in [-0.2, -0.15) is 0 Å². The average molecular weight is 533 g/mol. The van der Waals surface area contributed by atoms with Crippen LogP contribution in [-0.4, -0.2) is 48.7 Å². The number of nitrogens with zero attached hydrogens (tertiary/aromatic N) is 3. The number of anilines is 1. The summed E-state index contributed by atoms with van der Waals surface area (Å²) in [4.78, 5) is 17.3. The van der Waals surface area contributed by atoms with E-state index in [1.165, 1.54) is 61.9 Å². The number of piperidine rings is 2. The molecule has 6 rings (SSSR count). The first-order valence-electron chi connectivity index (χ1n) is 15.0. The summed E-state index contributed by atoms with van der Waals surface area (Å²) in [5, 5.41) is 5.25. The van der Waals surface area contributed by atoms with Gasteiger partial charge in [-0.15, -0.1) is 0 Å². The van der Waals surface area contributed by atoms with E-state index in [0.717, 1.165) is 75.4 Å². The van der Waals surface area contributed by atoms with E-state index in [4.69, 9.17) is 10.3 Å². The average Bonchev–Trinajstić information content (AvgIpc) is 3.40. The number of rotatable bonds is 7. The number of benzene rings is 2. The van der Waals surface area contributed by atoms with Crippen LogP contribution in [-0.2, 0) is 0 Å². The van der Waals surface area contributed by atoms with Gasteiger partial charge in [-0.3, -0.25) is 4.79 Å². The van der Waals surface area contributed by atoms with E-state index in [1.807, 2.05) is 6.07 Å². The monoisotopic (exact) mass is 532 g/mol. The number of likely N-dealkylation sites (tertiary alicyclic amines) is 1. The molecular formula is C32H41FN4O2. The highest BCUT2D eigenvalue weighted by molar-refractivity contribution is 5.95. The Morgan fingerprint density at radius 2 is 1.69 bits per heavy atom. The number of amides is 1. The highest BCUT2D eigenvalue weighted by Crippen LogP contribution is 2.40. The third kappa shape index (κ3) is 5.84. The van der Waals surface area contributed by atoms with Crippen LogP contribution in [0.4, 0.5) is 10.1 Å². The van der Waals surface area contributed by atoms with Crippen LogP contribution in [0.1, 0.15) is 97.7 Å². The van der Waals surface area contributed by atoms with Gasteiger partial charge < -0.3 is 20.1 Å². The first-order chi connectivity index (χ1) is 19.0. The lowest BCUT2D eigenvalue weighted by molar-refractivity contribution is 0.0998. The van der Waals surface area contributed by atoms with Crippen LogP contribution in [0.15, 0.2) is 40.9 Å². The molecule has 2 aliphatic heterocycles. The predicted octanol–water partition coefficient (Wildman–Crippen LogP) is 6.60. The molecular weight excluding hydrogens is 491 g/mol. The summed E-state index contributed by atoms with van der Waals surface area (Å²) in [5.41, 5.74) is 10.5. The van der Waals surface area contributed by atoms with Crippen LogP contribution in [0.3, 0.4) is 0 Å². The molecule has 0 unspecified atom stereocenters. The lowest BCUT2D eigenvalue weighted by atomic mass is 9.76. The number of primary amides is 1. The van der Waals surface area contributed by atoms with Crippen LogP contribution in [0, 0.1) is 11.7 Å². The van der Waals surface area contributed by atoms with Gasteiger partial charge in [-0.1, -0.05) is 5.16 Å². The summed E-state index contributed by atoms with van der Waals surface area (Å²) < 4.78 is 18.9. The van der Waals surface area contributed by atoms with Crippen LogP contribution >= 0.6 is 0 Å². The van der Waals surface area contributed by atoms with Crippen molar-refractivity contribution >= 4 is 22.6 Å². The van der Waals surface area contributed by atoms with Gasteiger partial charge in [0.25, 0.3) is 0 Å². The number of hydrogen-bond donors (Lipinski definition) is 1. The van der Waals surface area contributed by atoms with Gasteiger partial charge in [0, 0.05) is 41.7 Å². The number of carbonyl (C=O) groups is 1. The van der Waals surface area contributed by atoms with Crippen molar-refractivity contribution in [2.45, 2.75) is 76.0 Å². The maximum absolute atomic E-state index is 13.5. The van der Waals surface area contributed by atoms with E-state index in [0.29, 0.717) is 23.0 Å². The Morgan fingerprint density at radius 3 is 2.44 bits per heavy atom. The molecule has 0 bridgehead atoms. The molecule has 2 N–H and O–H groups in total. The lowest BCUT2D eigenvalue weighted by Crippen LogP contribution is -2.35. The highest BCUT2D eigenvalue weighted by Gasteiger charge is 2.28. The van der Waals surface area contributed by atoms with Crippen LogP contribution < -0.4 is 10.6 Å². The van der Waals surface area contributed by atoms with Crippen molar-refractivity contribution in [3.63, 3.8) is 0 Å². The second-order valence-electron chi connectivity index (χ2n) is 12.0. The number of fused-ring (bicyclic) bond motifs is 1. The topological polar surface area (TPSA) is 75.6 Å². The summed E-state index contributed by atoms with van der Waals surface area (Å²) in [5.74, 6) is 0.967. The molecule has 3 aromatic rings. The van der Waals surface area contributed by atoms with Gasteiger partial charge in [-0.25, -0.2) is 4.39 Å². The third-order valence-corrected chi connectivity index (χ3v) is 9.60. The number of halogens is 1. The Morgan fingerprint density at radius 1 is 0.923 bits per heavy atom. The molecule has 3 fully saturated rings. The molecule has 3 aliphatic rings. The minimum Gasteiger partial charge on any atom is -0.372 e. The van der Waals surface area contributed by atoms with E-state index < -0.39 is 0 Å². The van der Waals surface area contributed by atoms with Gasteiger partial charge in [0.1, 0.15) is 5.82 Å². The molecule has 0 radical (unpaired) electrons. The fourth-order valence-corrected chi connectivity index (χ4v) is 7.24. The molecule has 2 aromatic carbocycles. The van der Waals surface area contributed by atoms with Gasteiger partial charge >= 0.3 is 0 Å². The fraction of sp³-hybridized carbons (Fsp3) is 0.562. The van der Waals surface area contributed by atoms with Crippen LogP contribution in [0.2, 0.25) is 0 Å². The molecule has 1 saturated carbocycles. The first-order valence-corrected chi connectivity index (χ1v) is 15.0. The standard InChI is InChI=1S/C32H41FN4O2/c33-25-8-10-28-30(20-25)39-35-31(28)24-13-18-36(19-14-24)17-12-22-4-6-23(7-5-22)29-21-26(9-11-27(29)32(34)38)37-15-2-1-3-16-37/h8-11,20-24H,1-7,12-19H2,(H2,34,38). The van der Waals surface area contributed by atoms with Crippen molar-refractivity contribution < 1.29 is 13.7 Å². The zero-order chi connectivity index (χ0) is 26.8. The van der Waals surface area contributed by atoms with Crippen molar-refractivity contribution in [2.24, 2.45) is 11.7 Å². The smallest absolute Gasteiger partial charge is 0.248 e. The van der Waals surface area contributed by atoms with Gasteiger partial charge in [0.05, 0.1) is 5.69 Å². The Labute approximate surface area is 230 Å². The zero-order valence-corrected chi connectivity index (χ0v) is 22.9. The third-order valence-electron chi connectivity index (χ3n) is 9.60. The number of carbonyl (C=O) groups excluding carboxylic acids is 1. The second kappa shape index (κ2) is 11.7. The van der Waals surface area contributed by atoms with Gasteiger partial charge in [0.2, 0.25) is 5.91 Å². The van der Waals surface area contributed by atoms with Crippen LogP contribution in [0.25, 0.3) is 11.0 Å². The quantitative estimate of drug-likeness (QED) is 0.371. The minimum absolute atomic E-state index is 0.284. The summed E-state index contributed by atoms with van der Waals surface area (Å²) in [6.45, 7) is 5.49. The van der Waals surface area contributed by atoms with Crippen molar-refractivity contribution in [2.75, 3.05) is 37.6 Å². The molecule has 39 heavy (non-hydrogen) atoms. The van der Waals surface area contributed by atoms with Crippen molar-refractivity contribution in [1.29, 1.82) is 0 Å². The molecule has 1 aromatic heterocycles. The molecule has 0 atom stereocenters. The maximum Gasteiger partial charge on any atom is 0.248 e. The summed E-state index contributed by atoms with van der Waals surface area (Å²) >= 11 is 0. The molecule has 3 heterocycles. The summed E-state index contributed by atoms with van der Waals surface area (Å²) in [7, 11) is 0. The largest absolute Gasteiger partial charge is 0.372 e. The van der Waals surface area contributed by atoms with Gasteiger partial charge in [0.15, 0.2) is 5.58 Å². The second-order valence-corrected chi connectivity index (χ2v) is 12.0. The summed E-state index contributed by atoms with van der Waals surface area (Å²) in [6.07, 6.45) is 11.9. The van der Waals surface area contributed by atoms with Crippen molar-refractivity contribution in [1.82, 2.24) is 10.1 Å². The number of nitrogens with two attached hydrogens (primary N) is 1. The Kier molecular flexibility index (Phi) is 7.87. The lowest BCUT2D eigenvalue weighted by Gasteiger charge is -2.35. The highest BCUT2D eigenvalue weighted by atomic mass is 19.1. The Balaban J connectivity index is 0.999. The fourth-order valence-electron chi connectivity index (χ4n) is 7.24. The normalized spacial score (nSPS) is 23.4. The molecule has 208 valence electrons. The zero-order valence-electron chi connectivity index (χ0n) is 22.9. The molecule has 6 nitrogen and oxygen atoms in total. The van der Waals surface area contributed by atoms with Gasteiger partial charge in [-0.05, 0) is 132 Å². The van der Waals surface area contributed by atoms with E-state index in [-0.39, 0.29) is 11.7 Å². The van der Waals surface area contributed by atoms with E-state index in [1.54, 1.807) is 6.07 Å². The van der Waals surface area contributed by atoms with E-state index >= 15 is 0 Å². The van der Waals surface area contributed by atoms with E-state index in [2.05, 4.69) is 27.1 Å². The summed E-state index contributed by atoms with van der Waals surface area (Å²) in [6, 6.07) is 11.1. The molecule has 1 amide bonds. The SMILES string of the molecule is NC(=O)c1ccc(N2CCCCC2)cc1C1CCC(CCN2CCC(c3noc4cc(F)ccc34)CC2)CC1. The molecule has 0 spiro atoms. The number of aromatic nitrogens is 1. The Hall–Kier alpha value is -2.93.